The van der Waals surface area contributed by atoms with Gasteiger partial charge in [-0.3, -0.25) is 9.69 Å². The predicted octanol–water partition coefficient (Wildman–Crippen LogP) is 0.358. The average molecular weight is 226 g/mol. The third kappa shape index (κ3) is 2.38. The molecule has 2 fully saturated rings. The van der Waals surface area contributed by atoms with Crippen LogP contribution in [0.1, 0.15) is 32.1 Å². The minimum Gasteiger partial charge on any atom is -0.391 e. The molecule has 0 aromatic carbocycles. The van der Waals surface area contributed by atoms with E-state index in [-0.39, 0.29) is 17.9 Å². The number of nitrogens with one attached hydrogen (secondary N) is 1. The molecule has 2 rings (SSSR count). The smallest absolute Gasteiger partial charge is 0.224 e. The number of hydrogen-bond donors (Lipinski definition) is 2. The molecule has 2 N–H and O–H groups in total. The molecule has 1 saturated heterocycles. The van der Waals surface area contributed by atoms with Gasteiger partial charge in [-0.15, -0.1) is 0 Å². The topological polar surface area (TPSA) is 52.6 Å². The zero-order chi connectivity index (χ0) is 11.5. The van der Waals surface area contributed by atoms with E-state index in [0.717, 1.165) is 45.2 Å². The predicted molar refractivity (Wildman–Crippen MR) is 62.0 cm³/mol. The fourth-order valence-electron chi connectivity index (χ4n) is 3.07. The van der Waals surface area contributed by atoms with E-state index in [1.165, 1.54) is 0 Å². The van der Waals surface area contributed by atoms with Crippen LogP contribution in [-0.4, -0.2) is 48.2 Å². The lowest BCUT2D eigenvalue weighted by Gasteiger charge is -2.37. The van der Waals surface area contributed by atoms with Gasteiger partial charge in [-0.05, 0) is 38.6 Å². The number of rotatable bonds is 2. The van der Waals surface area contributed by atoms with Gasteiger partial charge < -0.3 is 10.4 Å². The molecule has 2 aliphatic rings. The zero-order valence-electron chi connectivity index (χ0n) is 9.98. The quantitative estimate of drug-likeness (QED) is 0.715. The Bertz CT molecular complexity index is 257. The Morgan fingerprint density at radius 2 is 2.12 bits per heavy atom. The first-order chi connectivity index (χ1) is 7.72. The normalized spacial score (nSPS) is 36.2. The molecule has 1 aliphatic heterocycles. The highest BCUT2D eigenvalue weighted by Crippen LogP contribution is 2.28. The van der Waals surface area contributed by atoms with Crippen molar-refractivity contribution in [3.8, 4) is 0 Å². The molecular formula is C12H22N2O2. The first kappa shape index (κ1) is 11.9. The van der Waals surface area contributed by atoms with Crippen molar-refractivity contribution in [2.45, 2.75) is 44.2 Å². The van der Waals surface area contributed by atoms with E-state index in [2.05, 4.69) is 10.2 Å². The Morgan fingerprint density at radius 3 is 2.75 bits per heavy atom. The van der Waals surface area contributed by atoms with Gasteiger partial charge in [-0.2, -0.15) is 0 Å². The molecule has 0 aromatic rings. The lowest BCUT2D eigenvalue weighted by Crippen LogP contribution is -2.49. The van der Waals surface area contributed by atoms with E-state index < -0.39 is 0 Å². The number of aliphatic hydroxyl groups excluding tert-OH is 1. The molecule has 0 aromatic heterocycles. The summed E-state index contributed by atoms with van der Waals surface area (Å²) in [6, 6.07) is 0.299. The van der Waals surface area contributed by atoms with Crippen LogP contribution in [0.15, 0.2) is 0 Å². The highest BCUT2D eigenvalue weighted by atomic mass is 16.3. The summed E-state index contributed by atoms with van der Waals surface area (Å²) in [5.41, 5.74) is 0. The Morgan fingerprint density at radius 1 is 1.31 bits per heavy atom. The first-order valence-electron chi connectivity index (χ1n) is 6.36. The van der Waals surface area contributed by atoms with Gasteiger partial charge >= 0.3 is 0 Å². The van der Waals surface area contributed by atoms with Crippen LogP contribution in [0.2, 0.25) is 0 Å². The van der Waals surface area contributed by atoms with E-state index in [0.29, 0.717) is 6.04 Å². The lowest BCUT2D eigenvalue weighted by molar-refractivity contribution is -0.126. The van der Waals surface area contributed by atoms with Crippen molar-refractivity contribution in [1.82, 2.24) is 10.2 Å². The number of carbonyl (C=O) groups is 1. The number of likely N-dealkylation sites (tertiary alicyclic amines) is 1. The van der Waals surface area contributed by atoms with Crippen molar-refractivity contribution in [3.05, 3.63) is 0 Å². The molecule has 4 heteroatoms. The van der Waals surface area contributed by atoms with Crippen LogP contribution >= 0.6 is 0 Å². The average Bonchev–Trinajstić information content (AvgIpc) is 2.74. The highest BCUT2D eigenvalue weighted by molar-refractivity contribution is 5.78. The van der Waals surface area contributed by atoms with Crippen LogP contribution in [0.4, 0.5) is 0 Å². The van der Waals surface area contributed by atoms with E-state index in [4.69, 9.17) is 0 Å². The molecule has 16 heavy (non-hydrogen) atoms. The van der Waals surface area contributed by atoms with Gasteiger partial charge in [0.1, 0.15) is 0 Å². The standard InChI is InChI=1S/C12H22N2O2/c1-13-12(16)9-4-3-7-14(8-9)10-5-2-6-11(10)15/h9-11,15H,2-8H2,1H3,(H,13,16)/t9?,10-,11-/m0/s1. The summed E-state index contributed by atoms with van der Waals surface area (Å²) in [6.45, 7) is 1.86. The van der Waals surface area contributed by atoms with E-state index >= 15 is 0 Å². The minimum atomic E-state index is -0.177. The number of carbonyl (C=O) groups excluding carboxylic acids is 1. The number of hydrogen-bond acceptors (Lipinski definition) is 3. The maximum absolute atomic E-state index is 11.6. The number of amides is 1. The van der Waals surface area contributed by atoms with Crippen LogP contribution in [0.25, 0.3) is 0 Å². The molecule has 92 valence electrons. The Kier molecular flexibility index (Phi) is 3.82. The van der Waals surface area contributed by atoms with Gasteiger partial charge in [-0.1, -0.05) is 0 Å². The van der Waals surface area contributed by atoms with Gasteiger partial charge in [0.25, 0.3) is 0 Å². The van der Waals surface area contributed by atoms with Crippen LogP contribution in [0.5, 0.6) is 0 Å². The second-order valence-electron chi connectivity index (χ2n) is 5.01. The summed E-state index contributed by atoms with van der Waals surface area (Å²) in [7, 11) is 1.70. The van der Waals surface area contributed by atoms with E-state index in [9.17, 15) is 9.90 Å². The Balaban J connectivity index is 1.93. The second kappa shape index (κ2) is 5.15. The molecule has 1 amide bonds. The lowest BCUT2D eigenvalue weighted by atomic mass is 9.95. The van der Waals surface area contributed by atoms with Crippen LogP contribution < -0.4 is 5.32 Å². The van der Waals surface area contributed by atoms with Crippen molar-refractivity contribution in [1.29, 1.82) is 0 Å². The summed E-state index contributed by atoms with van der Waals surface area (Å²) in [5.74, 6) is 0.267. The molecule has 4 nitrogen and oxygen atoms in total. The van der Waals surface area contributed by atoms with Gasteiger partial charge in [-0.25, -0.2) is 0 Å². The molecule has 1 unspecified atom stereocenters. The SMILES string of the molecule is CNC(=O)C1CCCN([C@H]2CCC[C@@H]2O)C1. The summed E-state index contributed by atoms with van der Waals surface area (Å²) in [6.07, 6.45) is 5.00. The monoisotopic (exact) mass is 226 g/mol. The molecular weight excluding hydrogens is 204 g/mol. The Hall–Kier alpha value is -0.610. The van der Waals surface area contributed by atoms with Gasteiger partial charge in [0.05, 0.1) is 12.0 Å². The zero-order valence-corrected chi connectivity index (χ0v) is 9.98. The highest BCUT2D eigenvalue weighted by Gasteiger charge is 2.34. The van der Waals surface area contributed by atoms with Crippen molar-refractivity contribution >= 4 is 5.91 Å². The summed E-state index contributed by atoms with van der Waals surface area (Å²) < 4.78 is 0. The van der Waals surface area contributed by atoms with Crippen molar-refractivity contribution in [2.75, 3.05) is 20.1 Å². The number of piperidine rings is 1. The number of nitrogens with zero attached hydrogens (tertiary/aromatic N) is 1. The van der Waals surface area contributed by atoms with E-state index in [1.807, 2.05) is 0 Å². The number of aliphatic hydroxyl groups is 1. The molecule has 1 aliphatic carbocycles. The maximum atomic E-state index is 11.6. The summed E-state index contributed by atoms with van der Waals surface area (Å²) in [4.78, 5) is 13.9. The van der Waals surface area contributed by atoms with Crippen LogP contribution in [0, 0.1) is 5.92 Å². The molecule has 0 spiro atoms. The summed E-state index contributed by atoms with van der Waals surface area (Å²) >= 11 is 0. The van der Waals surface area contributed by atoms with Gasteiger partial charge in [0.15, 0.2) is 0 Å². The Labute approximate surface area is 97.0 Å². The van der Waals surface area contributed by atoms with Crippen molar-refractivity contribution in [2.24, 2.45) is 5.92 Å². The van der Waals surface area contributed by atoms with Crippen LogP contribution in [0.3, 0.4) is 0 Å². The molecule has 3 atom stereocenters. The molecule has 0 radical (unpaired) electrons. The molecule has 1 saturated carbocycles. The van der Waals surface area contributed by atoms with E-state index in [1.54, 1.807) is 7.05 Å². The summed E-state index contributed by atoms with van der Waals surface area (Å²) in [5, 5.41) is 12.6. The fourth-order valence-corrected chi connectivity index (χ4v) is 3.07. The van der Waals surface area contributed by atoms with Gasteiger partial charge in [0, 0.05) is 19.6 Å². The van der Waals surface area contributed by atoms with Crippen molar-refractivity contribution in [3.63, 3.8) is 0 Å². The third-order valence-electron chi connectivity index (χ3n) is 3.98. The molecule has 1 heterocycles. The maximum Gasteiger partial charge on any atom is 0.224 e. The van der Waals surface area contributed by atoms with Crippen molar-refractivity contribution < 1.29 is 9.90 Å². The van der Waals surface area contributed by atoms with Crippen LogP contribution in [-0.2, 0) is 4.79 Å². The third-order valence-corrected chi connectivity index (χ3v) is 3.98. The minimum absolute atomic E-state index is 0.117. The second-order valence-corrected chi connectivity index (χ2v) is 5.01. The fraction of sp³-hybridized carbons (Fsp3) is 0.917. The molecule has 0 bridgehead atoms. The first-order valence-corrected chi connectivity index (χ1v) is 6.36. The largest absolute Gasteiger partial charge is 0.391 e. The van der Waals surface area contributed by atoms with Gasteiger partial charge in [0.2, 0.25) is 5.91 Å².